The van der Waals surface area contributed by atoms with Crippen molar-refractivity contribution in [1.29, 1.82) is 0 Å². The van der Waals surface area contributed by atoms with Crippen molar-refractivity contribution in [1.82, 2.24) is 0 Å². The third kappa shape index (κ3) is 8.42. The molecule has 4 heterocycles. The number of rotatable bonds is 12. The van der Waals surface area contributed by atoms with Crippen molar-refractivity contribution in [2.45, 2.75) is 112 Å². The number of aliphatic hydroxyl groups is 9. The van der Waals surface area contributed by atoms with E-state index in [2.05, 4.69) is 0 Å². The number of fused-ring (bicyclic) bond motifs is 3. The fourth-order valence-electron chi connectivity index (χ4n) is 8.73. The Balaban J connectivity index is 1.15. The maximum atomic E-state index is 14.0. The Labute approximate surface area is 359 Å². The van der Waals surface area contributed by atoms with E-state index < -0.39 is 120 Å². The molecule has 3 aromatic rings. The lowest BCUT2D eigenvalue weighted by Gasteiger charge is -2.49. The van der Waals surface area contributed by atoms with Crippen molar-refractivity contribution < 1.29 is 93.4 Å². The van der Waals surface area contributed by atoms with E-state index in [1.54, 1.807) is 13.8 Å². The summed E-state index contributed by atoms with van der Waals surface area (Å²) in [5.74, 6) is -2.27. The first kappa shape index (κ1) is 46.3. The maximum absolute atomic E-state index is 14.0. The van der Waals surface area contributed by atoms with Gasteiger partial charge in [0.25, 0.3) is 0 Å². The molecule has 3 aliphatic heterocycles. The molecule has 10 N–H and O–H groups in total. The van der Waals surface area contributed by atoms with Crippen LogP contribution in [0, 0.1) is 5.41 Å². The predicted octanol–water partition coefficient (Wildman–Crippen LogP) is -0.734. The molecule has 344 valence electrons. The van der Waals surface area contributed by atoms with Crippen LogP contribution in [0.1, 0.15) is 33.6 Å². The maximum Gasteiger partial charge on any atom is 0.331 e. The first-order valence-electron chi connectivity index (χ1n) is 20.1. The highest BCUT2D eigenvalue weighted by atomic mass is 16.7. The fourth-order valence-corrected chi connectivity index (χ4v) is 8.73. The van der Waals surface area contributed by atoms with Crippen LogP contribution in [0.4, 0.5) is 0 Å². The first-order valence-corrected chi connectivity index (χ1v) is 20.1. The quantitative estimate of drug-likeness (QED) is 0.0609. The summed E-state index contributed by atoms with van der Waals surface area (Å²) in [7, 11) is 1.33. The molecule has 20 heteroatoms. The van der Waals surface area contributed by atoms with Crippen LogP contribution in [0.25, 0.3) is 22.3 Å². The fraction of sp³-hybridized carbons (Fsp3) is 0.535. The third-order valence-electron chi connectivity index (χ3n) is 12.4. The number of allylic oxidation sites excluding steroid dienone is 2. The normalized spacial score (nSPS) is 37.0. The number of hydrogen-bond donors (Lipinski definition) is 10. The predicted molar refractivity (Wildman–Crippen MR) is 214 cm³/mol. The molecule has 14 atom stereocenters. The number of methoxy groups -OCH3 is 1. The number of phenols is 1. The van der Waals surface area contributed by atoms with Gasteiger partial charge < -0.3 is 88.6 Å². The topological polar surface area (TPSA) is 314 Å². The van der Waals surface area contributed by atoms with Crippen molar-refractivity contribution >= 4 is 16.9 Å². The molecule has 0 radical (unpaired) electrons. The number of esters is 1. The molecule has 4 aliphatic rings. The minimum Gasteiger partial charge on any atom is -0.507 e. The molecule has 3 saturated heterocycles. The van der Waals surface area contributed by atoms with Crippen molar-refractivity contribution in [3.8, 4) is 34.3 Å². The van der Waals surface area contributed by atoms with Crippen LogP contribution in [-0.2, 0) is 23.7 Å². The van der Waals surface area contributed by atoms with Gasteiger partial charge in [0.15, 0.2) is 11.9 Å². The molecule has 1 saturated carbocycles. The molecule has 2 bridgehead atoms. The summed E-state index contributed by atoms with van der Waals surface area (Å²) in [6, 6.07) is 7.96. The molecule has 20 nitrogen and oxygen atoms in total. The molecule has 4 unspecified atom stereocenters. The standard InChI is InChI=1S/C43H52O20/c1-19(9-10-43(55)41(2)14-21(46)15-42(43,3)57-18-41)11-28(48)62-38-34(53)31(50)27(17-45)61-40(38)58-22-7-5-20(6-8-22)36-37(63-39-35(54)33(52)30(49)26(16-44)60-39)32(51)29-24(47)12-23(56-4)13-25(29)59-36/h5-13,21,26-27,30-31,33-35,38-40,44-47,49-50,52-55H,14-18H2,1-4H3/b10-9+,19-11-/t21-,26+,27-,30+,31+,33?,34?,35?,38?,39-,40+,41+,42+,43-/m0/s1. The second-order valence-corrected chi connectivity index (χ2v) is 16.8. The van der Waals surface area contributed by atoms with Gasteiger partial charge in [-0.3, -0.25) is 4.79 Å². The zero-order valence-electron chi connectivity index (χ0n) is 34.6. The molecular weight excluding hydrogens is 836 g/mol. The summed E-state index contributed by atoms with van der Waals surface area (Å²) >= 11 is 0. The van der Waals surface area contributed by atoms with E-state index in [-0.39, 0.29) is 46.8 Å². The van der Waals surface area contributed by atoms with Crippen LogP contribution in [0.15, 0.2) is 69.4 Å². The molecular formula is C43H52O20. The van der Waals surface area contributed by atoms with Gasteiger partial charge >= 0.3 is 5.97 Å². The number of aliphatic hydroxyl groups excluding tert-OH is 8. The Morgan fingerprint density at radius 2 is 1.51 bits per heavy atom. The summed E-state index contributed by atoms with van der Waals surface area (Å²) in [5, 5.41) is 105. The second-order valence-electron chi connectivity index (χ2n) is 16.8. The van der Waals surface area contributed by atoms with Crippen LogP contribution in [-0.4, -0.2) is 163 Å². The number of phenolic OH excluding ortho intramolecular Hbond substituents is 1. The van der Waals surface area contributed by atoms with Crippen molar-refractivity contribution in [2.24, 2.45) is 5.41 Å². The number of benzene rings is 2. The van der Waals surface area contributed by atoms with E-state index >= 15 is 0 Å². The van der Waals surface area contributed by atoms with Gasteiger partial charge in [-0.2, -0.15) is 0 Å². The van der Waals surface area contributed by atoms with Crippen LogP contribution < -0.4 is 19.6 Å². The highest BCUT2D eigenvalue weighted by molar-refractivity contribution is 5.88. The van der Waals surface area contributed by atoms with E-state index in [0.29, 0.717) is 12.0 Å². The Hall–Kier alpha value is -4.68. The number of ether oxygens (including phenoxy) is 7. The van der Waals surface area contributed by atoms with Crippen molar-refractivity contribution in [3.63, 3.8) is 0 Å². The molecule has 4 fully saturated rings. The average Bonchev–Trinajstić information content (AvgIpc) is 3.33. The smallest absolute Gasteiger partial charge is 0.331 e. The summed E-state index contributed by atoms with van der Waals surface area (Å²) in [4.78, 5) is 27.3. The van der Waals surface area contributed by atoms with E-state index in [4.69, 9.17) is 37.6 Å². The van der Waals surface area contributed by atoms with Crippen LogP contribution >= 0.6 is 0 Å². The number of carbonyl (C=O) groups is 1. The second kappa shape index (κ2) is 17.7. The lowest BCUT2D eigenvalue weighted by molar-refractivity contribution is -0.281. The summed E-state index contributed by atoms with van der Waals surface area (Å²) in [5.41, 5.74) is -3.97. The number of hydrogen-bond acceptors (Lipinski definition) is 20. The van der Waals surface area contributed by atoms with Crippen LogP contribution in [0.5, 0.6) is 23.0 Å². The first-order chi connectivity index (χ1) is 29.8. The van der Waals surface area contributed by atoms with Gasteiger partial charge in [-0.1, -0.05) is 13.0 Å². The Morgan fingerprint density at radius 1 is 0.857 bits per heavy atom. The highest BCUT2D eigenvalue weighted by Crippen LogP contribution is 2.57. The minimum absolute atomic E-state index is 0.0169. The zero-order chi connectivity index (χ0) is 45.8. The van der Waals surface area contributed by atoms with Gasteiger partial charge in [0, 0.05) is 35.6 Å². The lowest BCUT2D eigenvalue weighted by Crippen LogP contribution is -2.61. The number of carbonyl (C=O) groups excluding carboxylic acids is 1. The summed E-state index contributed by atoms with van der Waals surface area (Å²) < 4.78 is 45.7. The Kier molecular flexibility index (Phi) is 13.0. The molecule has 0 spiro atoms. The summed E-state index contributed by atoms with van der Waals surface area (Å²) in [6.45, 7) is 3.78. The monoisotopic (exact) mass is 888 g/mol. The Bertz CT molecular complexity index is 2250. The van der Waals surface area contributed by atoms with Gasteiger partial charge in [-0.05, 0) is 56.2 Å². The van der Waals surface area contributed by atoms with Gasteiger partial charge in [-0.15, -0.1) is 0 Å². The van der Waals surface area contributed by atoms with Crippen molar-refractivity contribution in [3.05, 3.63) is 70.4 Å². The lowest BCUT2D eigenvalue weighted by atomic mass is 9.59. The van der Waals surface area contributed by atoms with Crippen LogP contribution in [0.2, 0.25) is 0 Å². The highest BCUT2D eigenvalue weighted by Gasteiger charge is 2.67. The summed E-state index contributed by atoms with van der Waals surface area (Å²) in [6.07, 6.45) is -12.9. The van der Waals surface area contributed by atoms with Crippen LogP contribution in [0.3, 0.4) is 0 Å². The van der Waals surface area contributed by atoms with Crippen molar-refractivity contribution in [2.75, 3.05) is 26.9 Å². The van der Waals surface area contributed by atoms with E-state index in [1.807, 2.05) is 6.92 Å². The van der Waals surface area contributed by atoms with Gasteiger partial charge in [0.05, 0.1) is 33.0 Å². The van der Waals surface area contributed by atoms with Gasteiger partial charge in [0.2, 0.25) is 23.8 Å². The molecule has 1 aromatic heterocycles. The van der Waals surface area contributed by atoms with Gasteiger partial charge in [-0.25, -0.2) is 4.79 Å². The van der Waals surface area contributed by atoms with E-state index in [0.717, 1.165) is 12.1 Å². The molecule has 1 aliphatic carbocycles. The average molecular weight is 889 g/mol. The molecule has 7 rings (SSSR count). The molecule has 63 heavy (non-hydrogen) atoms. The van der Waals surface area contributed by atoms with E-state index in [9.17, 15) is 60.7 Å². The number of aromatic hydroxyl groups is 1. The van der Waals surface area contributed by atoms with E-state index in [1.165, 1.54) is 49.6 Å². The largest absolute Gasteiger partial charge is 0.507 e. The molecule has 0 amide bonds. The SMILES string of the molecule is COc1cc(O)c2c(=O)c(O[C@@H]3O[C@H](CO)[C@@H](O)C(O)C3O)c(-c3ccc(O[C@@H]4O[C@@H](CO)[C@@H](O)C(O)C4OC(=O)/C=C(C)\C=C\[C@]4(O)[C@@]5(C)CO[C@]4(C)C[C@@H](O)C5)cc3)oc2c1. The third-order valence-corrected chi connectivity index (χ3v) is 12.4. The zero-order valence-corrected chi connectivity index (χ0v) is 34.6. The minimum atomic E-state index is -1.92. The Morgan fingerprint density at radius 3 is 2.14 bits per heavy atom. The molecule has 2 aromatic carbocycles. The van der Waals surface area contributed by atoms with Gasteiger partial charge in [0.1, 0.15) is 82.1 Å².